The third-order valence-electron chi connectivity index (χ3n) is 23.4. The van der Waals surface area contributed by atoms with Crippen molar-refractivity contribution in [3.63, 3.8) is 0 Å². The summed E-state index contributed by atoms with van der Waals surface area (Å²) in [5.41, 5.74) is 10.7. The SMILES string of the molecule is CCCCC(CC)COc1ccc(C2(c3ccc(OCC(CC)CCCC)cc3)c3cc4c(cc3-c3cc(/C=C5\C(=O)c6ccccc6C5=C(C#N)C#N)sc32)C(c2ccc(OCC(CC)CCCC)cc2)(c2ccc(OCC(CC)CCCC)cc2)c2sc(/C=C3\C(=O)c5ccccc5C3=C(C#N)C#N)cc2-4)cc1. The molecule has 0 amide bonds. The Morgan fingerprint density at radius 1 is 0.364 bits per heavy atom. The van der Waals surface area contributed by atoms with Gasteiger partial charge in [0.05, 0.1) is 37.3 Å². The van der Waals surface area contributed by atoms with Crippen LogP contribution in [0.4, 0.5) is 0 Å². The first-order valence-corrected chi connectivity index (χ1v) is 41.7. The molecule has 9 aromatic rings. The van der Waals surface area contributed by atoms with Gasteiger partial charge in [-0.3, -0.25) is 9.59 Å². The highest BCUT2D eigenvalue weighted by Crippen LogP contribution is 2.66. The Labute approximate surface area is 658 Å². The van der Waals surface area contributed by atoms with Gasteiger partial charge in [0.2, 0.25) is 0 Å². The average molecular weight is 1490 g/mol. The lowest BCUT2D eigenvalue weighted by atomic mass is 9.68. The number of thiophene rings is 2. The van der Waals surface area contributed by atoms with E-state index in [9.17, 15) is 30.6 Å². The topological polar surface area (TPSA) is 166 Å². The molecule has 10 nitrogen and oxygen atoms in total. The Kier molecular flexibility index (Phi) is 24.7. The van der Waals surface area contributed by atoms with Crippen molar-refractivity contribution >= 4 is 57.5 Å². The molecular formula is C98H98N4O6S2. The number of allylic oxidation sites excluding steroid dienone is 6. The molecule has 0 fully saturated rings. The van der Waals surface area contributed by atoms with E-state index < -0.39 is 10.8 Å². The molecule has 0 radical (unpaired) electrons. The third-order valence-corrected chi connectivity index (χ3v) is 25.8. The van der Waals surface area contributed by atoms with Crippen LogP contribution in [-0.4, -0.2) is 38.0 Å². The van der Waals surface area contributed by atoms with Gasteiger partial charge in [-0.2, -0.15) is 21.0 Å². The number of Topliss-reactive ketones (excluding diaryl/α,β-unsaturated/α-hetero) is 2. The summed E-state index contributed by atoms with van der Waals surface area (Å²) in [6.45, 7) is 20.3. The number of benzene rings is 7. The van der Waals surface area contributed by atoms with Gasteiger partial charge < -0.3 is 18.9 Å². The molecule has 0 saturated carbocycles. The summed E-state index contributed by atoms with van der Waals surface area (Å²) < 4.78 is 27.0. The Hall–Kier alpha value is -10.6. The van der Waals surface area contributed by atoms with Crippen LogP contribution in [0, 0.1) is 69.0 Å². The van der Waals surface area contributed by atoms with E-state index in [0.29, 0.717) is 83.5 Å². The van der Waals surface area contributed by atoms with E-state index in [-0.39, 0.29) is 33.9 Å². The summed E-state index contributed by atoms with van der Waals surface area (Å²) in [6, 6.07) is 66.9. The molecule has 13 rings (SSSR count). The normalized spacial score (nSPS) is 17.4. The van der Waals surface area contributed by atoms with Crippen LogP contribution in [0.3, 0.4) is 0 Å². The fourth-order valence-corrected chi connectivity index (χ4v) is 19.7. The first-order valence-electron chi connectivity index (χ1n) is 40.1. The molecule has 12 heteroatoms. The summed E-state index contributed by atoms with van der Waals surface area (Å²) >= 11 is 3.20. The smallest absolute Gasteiger partial charge is 0.194 e. The van der Waals surface area contributed by atoms with Crippen LogP contribution in [0.25, 0.3) is 45.6 Å². The van der Waals surface area contributed by atoms with Crippen molar-refractivity contribution in [2.24, 2.45) is 23.7 Å². The molecule has 4 aliphatic carbocycles. The molecule has 0 N–H and O–H groups in total. The average Bonchev–Trinajstić information content (AvgIpc) is 1.50. The highest BCUT2D eigenvalue weighted by atomic mass is 32.1. The molecular weight excluding hydrogens is 1390 g/mol. The molecule has 0 aliphatic heterocycles. The minimum absolute atomic E-state index is 0.132. The lowest BCUT2D eigenvalue weighted by Gasteiger charge is -2.35. The monoisotopic (exact) mass is 1490 g/mol. The maximum atomic E-state index is 15.0. The van der Waals surface area contributed by atoms with Gasteiger partial charge in [-0.1, -0.05) is 230 Å². The van der Waals surface area contributed by atoms with Gasteiger partial charge in [0.1, 0.15) is 58.4 Å². The van der Waals surface area contributed by atoms with Crippen LogP contribution in [-0.2, 0) is 10.8 Å². The minimum Gasteiger partial charge on any atom is -0.493 e. The fraction of sp³-hybridized carbons (Fsp3) is 0.347. The molecule has 0 bridgehead atoms. The van der Waals surface area contributed by atoms with Crippen LogP contribution < -0.4 is 18.9 Å². The quantitative estimate of drug-likeness (QED) is 0.0280. The molecule has 2 aromatic heterocycles. The number of ether oxygens (including phenoxy) is 4. The van der Waals surface area contributed by atoms with E-state index in [1.165, 1.54) is 0 Å². The van der Waals surface area contributed by atoms with Crippen molar-refractivity contribution in [2.45, 2.75) is 169 Å². The van der Waals surface area contributed by atoms with Gasteiger partial charge in [0, 0.05) is 52.9 Å². The highest BCUT2D eigenvalue weighted by molar-refractivity contribution is 7.14. The molecule has 110 heavy (non-hydrogen) atoms. The molecule has 4 aliphatic rings. The van der Waals surface area contributed by atoms with Crippen molar-refractivity contribution in [3.8, 4) is 69.5 Å². The van der Waals surface area contributed by atoms with Crippen LogP contribution >= 0.6 is 22.7 Å². The lowest BCUT2D eigenvalue weighted by molar-refractivity contribution is 0.103. The number of hydrogen-bond donors (Lipinski definition) is 0. The molecule has 2 heterocycles. The largest absolute Gasteiger partial charge is 0.493 e. The van der Waals surface area contributed by atoms with Crippen molar-refractivity contribution in [1.82, 2.24) is 0 Å². The predicted molar refractivity (Wildman–Crippen MR) is 446 cm³/mol. The third kappa shape index (κ3) is 14.8. The maximum Gasteiger partial charge on any atom is 0.194 e. The van der Waals surface area contributed by atoms with Crippen molar-refractivity contribution in [1.29, 1.82) is 21.0 Å². The van der Waals surface area contributed by atoms with E-state index in [4.69, 9.17) is 18.9 Å². The number of ketones is 2. The number of hydrogen-bond acceptors (Lipinski definition) is 12. The first-order chi connectivity index (χ1) is 53.8. The van der Waals surface area contributed by atoms with E-state index in [2.05, 4.69) is 201 Å². The van der Waals surface area contributed by atoms with E-state index in [1.54, 1.807) is 34.8 Å². The van der Waals surface area contributed by atoms with E-state index in [1.807, 2.05) is 48.6 Å². The number of nitrogens with zero attached hydrogens (tertiary/aromatic N) is 4. The van der Waals surface area contributed by atoms with Gasteiger partial charge in [-0.05, 0) is 201 Å². The van der Waals surface area contributed by atoms with Gasteiger partial charge in [0.25, 0.3) is 0 Å². The predicted octanol–water partition coefficient (Wildman–Crippen LogP) is 25.1. The Bertz CT molecular complexity index is 4710. The number of nitriles is 4. The Balaban J connectivity index is 1.10. The summed E-state index contributed by atoms with van der Waals surface area (Å²) in [6.07, 6.45) is 21.2. The summed E-state index contributed by atoms with van der Waals surface area (Å²) in [5, 5.41) is 42.5. The second-order valence-corrected chi connectivity index (χ2v) is 32.2. The van der Waals surface area contributed by atoms with Crippen molar-refractivity contribution < 1.29 is 28.5 Å². The van der Waals surface area contributed by atoms with Gasteiger partial charge >= 0.3 is 0 Å². The number of fused-ring (bicyclic) bond motifs is 8. The van der Waals surface area contributed by atoms with Crippen LogP contribution in [0.1, 0.15) is 243 Å². The van der Waals surface area contributed by atoms with Gasteiger partial charge in [0.15, 0.2) is 11.6 Å². The van der Waals surface area contributed by atoms with Gasteiger partial charge in [-0.15, -0.1) is 22.7 Å². The highest BCUT2D eigenvalue weighted by Gasteiger charge is 2.54. The number of unbranched alkanes of at least 4 members (excludes halogenated alkanes) is 4. The first kappa shape index (κ1) is 77.6. The fourth-order valence-electron chi connectivity index (χ4n) is 16.9. The second kappa shape index (κ2) is 35.0. The maximum absolute atomic E-state index is 15.0. The van der Waals surface area contributed by atoms with Crippen molar-refractivity contribution in [3.05, 3.63) is 267 Å². The van der Waals surface area contributed by atoms with E-state index >= 15 is 0 Å². The number of carbonyl (C=O) groups excluding carboxylic acids is 2. The van der Waals surface area contributed by atoms with Crippen LogP contribution in [0.5, 0.6) is 23.0 Å². The number of rotatable bonds is 34. The van der Waals surface area contributed by atoms with Crippen LogP contribution in [0.2, 0.25) is 0 Å². The molecule has 7 aromatic carbocycles. The van der Waals surface area contributed by atoms with Crippen molar-refractivity contribution in [2.75, 3.05) is 26.4 Å². The minimum atomic E-state index is -1.05. The zero-order valence-corrected chi connectivity index (χ0v) is 66.5. The van der Waals surface area contributed by atoms with E-state index in [0.717, 1.165) is 201 Å². The summed E-state index contributed by atoms with van der Waals surface area (Å²) in [5.74, 6) is 4.21. The molecule has 558 valence electrons. The zero-order chi connectivity index (χ0) is 77.1. The Morgan fingerprint density at radius 3 is 0.891 bits per heavy atom. The van der Waals surface area contributed by atoms with Gasteiger partial charge in [-0.25, -0.2) is 0 Å². The molecule has 0 spiro atoms. The summed E-state index contributed by atoms with van der Waals surface area (Å²) in [4.78, 5) is 33.5. The lowest BCUT2D eigenvalue weighted by Crippen LogP contribution is -2.29. The summed E-state index contributed by atoms with van der Waals surface area (Å²) in [7, 11) is 0. The number of carbonyl (C=O) groups is 2. The molecule has 4 unspecified atom stereocenters. The standard InChI is InChI=1S/C98H98N4O6S2/c1-9-17-25-63(13-5)59-105-73-41-33-69(34-42-73)97(70-35-43-74(44-36-70)106-60-64(14-6)26-18-10-2)89-53-84-86-50-78(52-88-92(68(57-101)58-102)80-30-22-24-32-82(80)94(88)104)110-96(86)98(71-37-45-75(46-38-71)107-61-65(15-7)27-19-11-3,72-39-47-76(48-40-72)108-62-66(16-8)28-20-12-4)90(84)54-83(89)85-49-77(109-95(85)97)51-87-91(67(55-99)56-100)79-29-21-23-31-81(79)93(87)103/h21-24,29-54,63-66H,9-20,25-28,59-62H2,1-8H3/b87-51-,88-52-. The Morgan fingerprint density at radius 2 is 0.636 bits per heavy atom. The molecule has 0 saturated heterocycles. The molecule has 4 atom stereocenters. The van der Waals surface area contributed by atoms with Crippen LogP contribution in [0.15, 0.2) is 192 Å². The second-order valence-electron chi connectivity index (χ2n) is 30.0. The zero-order valence-electron chi connectivity index (χ0n) is 64.8.